The van der Waals surface area contributed by atoms with Gasteiger partial charge in [0.1, 0.15) is 11.5 Å². The van der Waals surface area contributed by atoms with E-state index in [4.69, 9.17) is 0 Å². The third kappa shape index (κ3) is 4.69. The van der Waals surface area contributed by atoms with Gasteiger partial charge in [0.15, 0.2) is 0 Å². The Labute approximate surface area is 166 Å². The zero-order chi connectivity index (χ0) is 19.2. The van der Waals surface area contributed by atoms with Crippen LogP contribution in [0.4, 0.5) is 5.82 Å². The largest absolute Gasteiger partial charge is 0.353 e. The first-order valence-electron chi connectivity index (χ1n) is 10.3. The van der Waals surface area contributed by atoms with Crippen molar-refractivity contribution < 1.29 is 4.79 Å². The van der Waals surface area contributed by atoms with Crippen molar-refractivity contribution in [2.24, 2.45) is 0 Å². The molecule has 2 aliphatic heterocycles. The Morgan fingerprint density at radius 3 is 2.71 bits per heavy atom. The van der Waals surface area contributed by atoms with Crippen molar-refractivity contribution in [1.29, 1.82) is 0 Å². The van der Waals surface area contributed by atoms with E-state index in [0.717, 1.165) is 45.1 Å². The van der Waals surface area contributed by atoms with Gasteiger partial charge in [0, 0.05) is 38.8 Å². The van der Waals surface area contributed by atoms with Gasteiger partial charge in [-0.3, -0.25) is 4.79 Å². The van der Waals surface area contributed by atoms with Crippen molar-refractivity contribution in [2.75, 3.05) is 50.7 Å². The molecule has 1 aromatic carbocycles. The summed E-state index contributed by atoms with van der Waals surface area (Å²) in [6, 6.07) is 16.5. The van der Waals surface area contributed by atoms with Crippen molar-refractivity contribution >= 4 is 11.7 Å². The molecule has 0 aliphatic carbocycles. The minimum Gasteiger partial charge on any atom is -0.353 e. The maximum absolute atomic E-state index is 12.5. The van der Waals surface area contributed by atoms with Crippen molar-refractivity contribution in [1.82, 2.24) is 20.5 Å². The van der Waals surface area contributed by atoms with Crippen molar-refractivity contribution in [2.45, 2.75) is 18.9 Å². The lowest BCUT2D eigenvalue weighted by atomic mass is 10.0. The Morgan fingerprint density at radius 2 is 1.89 bits per heavy atom. The fourth-order valence-electron chi connectivity index (χ4n) is 4.02. The third-order valence-electron chi connectivity index (χ3n) is 5.58. The van der Waals surface area contributed by atoms with Crippen molar-refractivity contribution in [3.8, 4) is 0 Å². The summed E-state index contributed by atoms with van der Waals surface area (Å²) in [5, 5.41) is 6.59. The summed E-state index contributed by atoms with van der Waals surface area (Å²) in [5.41, 5.74) is 1.77. The summed E-state index contributed by atoms with van der Waals surface area (Å²) in [4.78, 5) is 21.8. The number of hydrogen-bond acceptors (Lipinski definition) is 5. The topological polar surface area (TPSA) is 60.5 Å². The molecule has 2 N–H and O–H groups in total. The minimum absolute atomic E-state index is 0.0872. The Balaban J connectivity index is 1.36. The Bertz CT molecular complexity index is 776. The predicted octanol–water partition coefficient (Wildman–Crippen LogP) is 2.06. The minimum atomic E-state index is -0.0872. The van der Waals surface area contributed by atoms with Crippen LogP contribution in [0.3, 0.4) is 0 Å². The molecule has 1 atom stereocenters. The number of nitrogens with one attached hydrogen (secondary N) is 2. The van der Waals surface area contributed by atoms with E-state index in [1.165, 1.54) is 18.4 Å². The number of likely N-dealkylation sites (tertiary alicyclic amines) is 1. The van der Waals surface area contributed by atoms with E-state index in [2.05, 4.69) is 49.7 Å². The standard InChI is InChI=1S/C22H29N5O/c28-22(24-11-15-26-13-4-5-14-26)19-9-6-10-21(25-19)27-16-12-23-20(17-27)18-7-2-1-3-8-18/h1-3,6-10,20,23H,4-5,11-17H2,(H,24,28)/t20-/m1/s1. The first-order valence-corrected chi connectivity index (χ1v) is 10.3. The molecule has 2 fully saturated rings. The van der Waals surface area contributed by atoms with Crippen LogP contribution in [-0.2, 0) is 0 Å². The highest BCUT2D eigenvalue weighted by molar-refractivity contribution is 5.92. The van der Waals surface area contributed by atoms with Gasteiger partial charge in [-0.2, -0.15) is 0 Å². The summed E-state index contributed by atoms with van der Waals surface area (Å²) in [6.07, 6.45) is 2.54. The van der Waals surface area contributed by atoms with E-state index in [-0.39, 0.29) is 11.9 Å². The van der Waals surface area contributed by atoms with Crippen LogP contribution < -0.4 is 15.5 Å². The van der Waals surface area contributed by atoms with Crippen LogP contribution in [0.5, 0.6) is 0 Å². The first-order chi connectivity index (χ1) is 13.8. The molecule has 1 aromatic heterocycles. The lowest BCUT2D eigenvalue weighted by Gasteiger charge is -2.35. The number of anilines is 1. The number of piperazine rings is 1. The second kappa shape index (κ2) is 9.17. The summed E-state index contributed by atoms with van der Waals surface area (Å²) in [7, 11) is 0. The monoisotopic (exact) mass is 379 g/mol. The van der Waals surface area contributed by atoms with E-state index in [1.807, 2.05) is 18.2 Å². The summed E-state index contributed by atoms with van der Waals surface area (Å²) >= 11 is 0. The van der Waals surface area contributed by atoms with Crippen LogP contribution in [0.25, 0.3) is 0 Å². The number of pyridine rings is 1. The zero-order valence-electron chi connectivity index (χ0n) is 16.3. The second-order valence-corrected chi connectivity index (χ2v) is 7.55. The molecule has 0 radical (unpaired) electrons. The molecular formula is C22H29N5O. The molecule has 0 spiro atoms. The average Bonchev–Trinajstić information content (AvgIpc) is 3.28. The third-order valence-corrected chi connectivity index (χ3v) is 5.58. The molecule has 148 valence electrons. The average molecular weight is 380 g/mol. The van der Waals surface area contributed by atoms with Gasteiger partial charge in [0.2, 0.25) is 0 Å². The summed E-state index contributed by atoms with van der Waals surface area (Å²) < 4.78 is 0. The van der Waals surface area contributed by atoms with Crippen LogP contribution in [-0.4, -0.2) is 61.6 Å². The Kier molecular flexibility index (Phi) is 6.19. The molecule has 2 aliphatic rings. The van der Waals surface area contributed by atoms with Gasteiger partial charge in [-0.15, -0.1) is 0 Å². The lowest BCUT2D eigenvalue weighted by Crippen LogP contribution is -2.46. The normalized spacial score (nSPS) is 20.3. The molecule has 2 aromatic rings. The van der Waals surface area contributed by atoms with Crippen LogP contribution >= 0.6 is 0 Å². The molecular weight excluding hydrogens is 350 g/mol. The van der Waals surface area contributed by atoms with E-state index >= 15 is 0 Å². The molecule has 3 heterocycles. The van der Waals surface area contributed by atoms with Gasteiger partial charge in [-0.25, -0.2) is 4.98 Å². The number of carbonyl (C=O) groups excluding carboxylic acids is 1. The van der Waals surface area contributed by atoms with Gasteiger partial charge in [0.05, 0.1) is 0 Å². The van der Waals surface area contributed by atoms with E-state index in [0.29, 0.717) is 12.2 Å². The molecule has 1 amide bonds. The van der Waals surface area contributed by atoms with Crippen molar-refractivity contribution in [3.63, 3.8) is 0 Å². The molecule has 0 bridgehead atoms. The van der Waals surface area contributed by atoms with E-state index < -0.39 is 0 Å². The highest BCUT2D eigenvalue weighted by Gasteiger charge is 2.22. The number of amides is 1. The van der Waals surface area contributed by atoms with E-state index in [9.17, 15) is 4.79 Å². The van der Waals surface area contributed by atoms with Crippen LogP contribution in [0.15, 0.2) is 48.5 Å². The van der Waals surface area contributed by atoms with Gasteiger partial charge in [-0.1, -0.05) is 36.4 Å². The van der Waals surface area contributed by atoms with Gasteiger partial charge < -0.3 is 20.4 Å². The SMILES string of the molecule is O=C(NCCN1CCCC1)c1cccc(N2CCN[C@@H](c3ccccc3)C2)n1. The second-order valence-electron chi connectivity index (χ2n) is 7.55. The number of carbonyl (C=O) groups is 1. The smallest absolute Gasteiger partial charge is 0.270 e. The Hall–Kier alpha value is -2.44. The molecule has 28 heavy (non-hydrogen) atoms. The van der Waals surface area contributed by atoms with Gasteiger partial charge in [-0.05, 0) is 43.6 Å². The fourth-order valence-corrected chi connectivity index (χ4v) is 4.02. The number of rotatable bonds is 6. The number of aromatic nitrogens is 1. The van der Waals surface area contributed by atoms with Crippen LogP contribution in [0, 0.1) is 0 Å². The number of benzene rings is 1. The van der Waals surface area contributed by atoms with Crippen LogP contribution in [0.1, 0.15) is 34.9 Å². The fraction of sp³-hybridized carbons (Fsp3) is 0.455. The van der Waals surface area contributed by atoms with Gasteiger partial charge >= 0.3 is 0 Å². The van der Waals surface area contributed by atoms with Crippen LogP contribution in [0.2, 0.25) is 0 Å². The maximum Gasteiger partial charge on any atom is 0.270 e. The molecule has 6 heteroatoms. The van der Waals surface area contributed by atoms with Gasteiger partial charge in [0.25, 0.3) is 5.91 Å². The Morgan fingerprint density at radius 1 is 1.07 bits per heavy atom. The molecule has 2 saturated heterocycles. The van der Waals surface area contributed by atoms with Crippen molar-refractivity contribution in [3.05, 3.63) is 59.8 Å². The summed E-state index contributed by atoms with van der Waals surface area (Å²) in [5.74, 6) is 0.783. The highest BCUT2D eigenvalue weighted by Crippen LogP contribution is 2.21. The predicted molar refractivity (Wildman–Crippen MR) is 112 cm³/mol. The highest BCUT2D eigenvalue weighted by atomic mass is 16.1. The first kappa shape index (κ1) is 18.9. The number of hydrogen-bond donors (Lipinski definition) is 2. The summed E-state index contributed by atoms with van der Waals surface area (Å²) in [6.45, 7) is 6.52. The zero-order valence-corrected chi connectivity index (χ0v) is 16.3. The van der Waals surface area contributed by atoms with E-state index in [1.54, 1.807) is 6.07 Å². The maximum atomic E-state index is 12.5. The molecule has 0 saturated carbocycles. The number of nitrogens with zero attached hydrogens (tertiary/aromatic N) is 3. The molecule has 4 rings (SSSR count). The lowest BCUT2D eigenvalue weighted by molar-refractivity contribution is 0.0945. The molecule has 6 nitrogen and oxygen atoms in total. The quantitative estimate of drug-likeness (QED) is 0.805. The molecule has 0 unspecified atom stereocenters.